The Morgan fingerprint density at radius 2 is 1.73 bits per heavy atom. The molecular formula is C23H21NO6. The number of hydrogen-bond acceptors (Lipinski definition) is 6. The molecule has 1 atom stereocenters. The van der Waals surface area contributed by atoms with Crippen molar-refractivity contribution in [1.29, 1.82) is 0 Å². The fraction of sp³-hybridized carbons (Fsp3) is 0.217. The number of fused-ring (bicyclic) bond motifs is 2. The van der Waals surface area contributed by atoms with E-state index in [1.54, 1.807) is 24.3 Å². The second-order valence-electron chi connectivity index (χ2n) is 6.78. The van der Waals surface area contributed by atoms with E-state index in [4.69, 9.17) is 18.9 Å². The molecule has 3 aromatic rings. The number of carbonyl (C=O) groups excluding carboxylic acids is 2. The number of hydrogen-bond donors (Lipinski definition) is 1. The van der Waals surface area contributed by atoms with Crippen molar-refractivity contribution in [3.05, 3.63) is 60.7 Å². The Hall–Kier alpha value is -3.74. The predicted molar refractivity (Wildman–Crippen MR) is 111 cm³/mol. The van der Waals surface area contributed by atoms with Crippen LogP contribution in [0.1, 0.15) is 6.92 Å². The van der Waals surface area contributed by atoms with E-state index in [-0.39, 0.29) is 6.61 Å². The molecule has 1 aliphatic heterocycles. The van der Waals surface area contributed by atoms with Crippen LogP contribution in [0.2, 0.25) is 0 Å². The fourth-order valence-electron chi connectivity index (χ4n) is 3.05. The summed E-state index contributed by atoms with van der Waals surface area (Å²) in [6, 6.07) is 18.5. The number of carbonyl (C=O) groups is 2. The van der Waals surface area contributed by atoms with Gasteiger partial charge in [-0.15, -0.1) is 0 Å². The molecule has 1 amide bonds. The first-order valence-electron chi connectivity index (χ1n) is 9.60. The SMILES string of the molecule is C[C@H](OC(=O)COc1ccc2ccccc2c1)C(=O)Nc1ccc2c(c1)OCCO2. The van der Waals surface area contributed by atoms with Gasteiger partial charge in [0.2, 0.25) is 0 Å². The zero-order valence-electron chi connectivity index (χ0n) is 16.4. The van der Waals surface area contributed by atoms with Gasteiger partial charge in [-0.3, -0.25) is 4.79 Å². The second kappa shape index (κ2) is 8.73. The molecule has 0 radical (unpaired) electrons. The zero-order valence-corrected chi connectivity index (χ0v) is 16.4. The molecule has 1 aliphatic rings. The third kappa shape index (κ3) is 4.63. The average Bonchev–Trinajstić information content (AvgIpc) is 2.77. The Morgan fingerprint density at radius 3 is 2.57 bits per heavy atom. The highest BCUT2D eigenvalue weighted by molar-refractivity contribution is 5.95. The molecule has 0 unspecified atom stereocenters. The number of rotatable bonds is 6. The van der Waals surface area contributed by atoms with E-state index in [0.717, 1.165) is 10.8 Å². The van der Waals surface area contributed by atoms with Crippen molar-refractivity contribution in [3.8, 4) is 17.2 Å². The summed E-state index contributed by atoms with van der Waals surface area (Å²) >= 11 is 0. The molecule has 0 saturated carbocycles. The lowest BCUT2D eigenvalue weighted by atomic mass is 10.1. The molecule has 1 N–H and O–H groups in total. The van der Waals surface area contributed by atoms with E-state index < -0.39 is 18.0 Å². The van der Waals surface area contributed by atoms with E-state index >= 15 is 0 Å². The van der Waals surface area contributed by atoms with E-state index in [9.17, 15) is 9.59 Å². The van der Waals surface area contributed by atoms with E-state index in [2.05, 4.69) is 5.32 Å². The highest BCUT2D eigenvalue weighted by atomic mass is 16.6. The van der Waals surface area contributed by atoms with E-state index in [1.807, 2.05) is 36.4 Å². The third-order valence-corrected chi connectivity index (χ3v) is 4.56. The predicted octanol–water partition coefficient (Wildman–Crippen LogP) is 3.56. The van der Waals surface area contributed by atoms with Gasteiger partial charge < -0.3 is 24.3 Å². The van der Waals surface area contributed by atoms with Crippen LogP contribution in [-0.2, 0) is 14.3 Å². The van der Waals surface area contributed by atoms with Crippen molar-refractivity contribution in [2.24, 2.45) is 0 Å². The van der Waals surface area contributed by atoms with Gasteiger partial charge in [0.1, 0.15) is 19.0 Å². The third-order valence-electron chi connectivity index (χ3n) is 4.56. The second-order valence-corrected chi connectivity index (χ2v) is 6.78. The maximum atomic E-state index is 12.3. The molecule has 30 heavy (non-hydrogen) atoms. The number of ether oxygens (including phenoxy) is 4. The summed E-state index contributed by atoms with van der Waals surface area (Å²) in [6.07, 6.45) is -0.981. The standard InChI is InChI=1S/C23H21NO6/c1-15(23(26)24-18-7-9-20-21(13-18)28-11-10-27-20)30-22(25)14-29-19-8-6-16-4-2-3-5-17(16)12-19/h2-9,12-13,15H,10-11,14H2,1H3,(H,24,26)/t15-/m0/s1. The summed E-state index contributed by atoms with van der Waals surface area (Å²) in [4.78, 5) is 24.4. The lowest BCUT2D eigenvalue weighted by Gasteiger charge is -2.19. The minimum atomic E-state index is -0.981. The van der Waals surface area contributed by atoms with Crippen LogP contribution in [0.15, 0.2) is 60.7 Å². The Labute approximate surface area is 173 Å². The van der Waals surface area contributed by atoms with E-state index in [0.29, 0.717) is 36.1 Å². The quantitative estimate of drug-likeness (QED) is 0.629. The zero-order chi connectivity index (χ0) is 20.9. The van der Waals surface area contributed by atoms with Crippen molar-refractivity contribution >= 4 is 28.3 Å². The van der Waals surface area contributed by atoms with Gasteiger partial charge in [-0.05, 0) is 42.0 Å². The van der Waals surface area contributed by atoms with Crippen LogP contribution in [0.25, 0.3) is 10.8 Å². The van der Waals surface area contributed by atoms with Crippen molar-refractivity contribution in [1.82, 2.24) is 0 Å². The first-order chi connectivity index (χ1) is 14.6. The van der Waals surface area contributed by atoms with Crippen LogP contribution in [-0.4, -0.2) is 37.8 Å². The first-order valence-corrected chi connectivity index (χ1v) is 9.60. The smallest absolute Gasteiger partial charge is 0.344 e. The van der Waals surface area contributed by atoms with Crippen LogP contribution < -0.4 is 19.5 Å². The Kier molecular flexibility index (Phi) is 5.70. The number of nitrogens with one attached hydrogen (secondary N) is 1. The van der Waals surface area contributed by atoms with Crippen molar-refractivity contribution in [2.45, 2.75) is 13.0 Å². The summed E-state index contributed by atoms with van der Waals surface area (Å²) in [5.74, 6) is 0.662. The topological polar surface area (TPSA) is 83.1 Å². The van der Waals surface area contributed by atoms with Gasteiger partial charge in [0, 0.05) is 11.8 Å². The molecular weight excluding hydrogens is 386 g/mol. The molecule has 0 saturated heterocycles. The maximum Gasteiger partial charge on any atom is 0.344 e. The van der Waals surface area contributed by atoms with Gasteiger partial charge >= 0.3 is 5.97 Å². The molecule has 7 heteroatoms. The molecule has 0 fully saturated rings. The van der Waals surface area contributed by atoms with Gasteiger partial charge in [-0.2, -0.15) is 0 Å². The Balaban J connectivity index is 1.28. The molecule has 7 nitrogen and oxygen atoms in total. The van der Waals surface area contributed by atoms with Gasteiger partial charge in [0.05, 0.1) is 0 Å². The summed E-state index contributed by atoms with van der Waals surface area (Å²) < 4.78 is 21.6. The highest BCUT2D eigenvalue weighted by Crippen LogP contribution is 2.32. The molecule has 154 valence electrons. The summed E-state index contributed by atoms with van der Waals surface area (Å²) in [6.45, 7) is 2.16. The average molecular weight is 407 g/mol. The molecule has 3 aromatic carbocycles. The minimum absolute atomic E-state index is 0.292. The van der Waals surface area contributed by atoms with Crippen LogP contribution in [0.3, 0.4) is 0 Å². The molecule has 0 aromatic heterocycles. The molecule has 1 heterocycles. The summed E-state index contributed by atoms with van der Waals surface area (Å²) in [5, 5.41) is 4.79. The van der Waals surface area contributed by atoms with Gasteiger partial charge in [0.25, 0.3) is 5.91 Å². The molecule has 0 aliphatic carbocycles. The maximum absolute atomic E-state index is 12.3. The van der Waals surface area contributed by atoms with Crippen molar-refractivity contribution in [3.63, 3.8) is 0 Å². The minimum Gasteiger partial charge on any atom is -0.486 e. The van der Waals surface area contributed by atoms with Crippen molar-refractivity contribution < 1.29 is 28.5 Å². The van der Waals surface area contributed by atoms with Gasteiger partial charge in [0.15, 0.2) is 24.2 Å². The van der Waals surface area contributed by atoms with Gasteiger partial charge in [-0.25, -0.2) is 4.79 Å². The highest BCUT2D eigenvalue weighted by Gasteiger charge is 2.19. The first kappa shape index (κ1) is 19.6. The Bertz CT molecular complexity index is 1080. The van der Waals surface area contributed by atoms with Gasteiger partial charge in [-0.1, -0.05) is 30.3 Å². The van der Waals surface area contributed by atoms with Crippen LogP contribution >= 0.6 is 0 Å². The van der Waals surface area contributed by atoms with Crippen LogP contribution in [0.4, 0.5) is 5.69 Å². The normalized spacial score (nSPS) is 13.4. The van der Waals surface area contributed by atoms with E-state index in [1.165, 1.54) is 6.92 Å². The summed E-state index contributed by atoms with van der Waals surface area (Å²) in [5.41, 5.74) is 0.527. The van der Waals surface area contributed by atoms with Crippen LogP contribution in [0, 0.1) is 0 Å². The number of anilines is 1. The van der Waals surface area contributed by atoms with Crippen molar-refractivity contribution in [2.75, 3.05) is 25.1 Å². The summed E-state index contributed by atoms with van der Waals surface area (Å²) in [7, 11) is 0. The molecule has 4 rings (SSSR count). The number of amides is 1. The number of esters is 1. The lowest BCUT2D eigenvalue weighted by molar-refractivity contribution is -0.155. The Morgan fingerprint density at radius 1 is 0.967 bits per heavy atom. The largest absolute Gasteiger partial charge is 0.486 e. The lowest BCUT2D eigenvalue weighted by Crippen LogP contribution is -2.31. The number of benzene rings is 3. The molecule has 0 bridgehead atoms. The fourth-order valence-corrected chi connectivity index (χ4v) is 3.05. The monoisotopic (exact) mass is 407 g/mol. The molecule has 0 spiro atoms. The van der Waals surface area contributed by atoms with Crippen LogP contribution in [0.5, 0.6) is 17.2 Å².